The molecule has 10 heavy (non-hydrogen) atoms. The second-order valence-electron chi connectivity index (χ2n) is 2.37. The van der Waals surface area contributed by atoms with E-state index in [4.69, 9.17) is 21.1 Å². The lowest BCUT2D eigenvalue weighted by Gasteiger charge is -2.32. The standard InChI is InChI=1S/C5H11NO4/c6-2-1-10-5(9)4(8)3(2)7/h2-5,7-9H,1,6H2/t2-,3+,4+,5+/m1/s1. The molecule has 0 spiro atoms. The summed E-state index contributed by atoms with van der Waals surface area (Å²) in [6.07, 6.45) is -3.69. The predicted octanol–water partition coefficient (Wildman–Crippen LogP) is -2.62. The van der Waals surface area contributed by atoms with Crippen LogP contribution in [0.25, 0.3) is 0 Å². The molecule has 0 radical (unpaired) electrons. The van der Waals surface area contributed by atoms with E-state index in [2.05, 4.69) is 4.74 Å². The fourth-order valence-electron chi connectivity index (χ4n) is 0.829. The number of hydrogen-bond donors (Lipinski definition) is 4. The molecule has 0 aromatic rings. The molecule has 0 aliphatic carbocycles. The van der Waals surface area contributed by atoms with Crippen LogP contribution in [0.1, 0.15) is 0 Å². The molecule has 5 N–H and O–H groups in total. The fourth-order valence-corrected chi connectivity index (χ4v) is 0.829. The Morgan fingerprint density at radius 2 is 1.80 bits per heavy atom. The largest absolute Gasteiger partial charge is 0.388 e. The number of aliphatic hydroxyl groups excluding tert-OH is 3. The molecule has 0 aromatic heterocycles. The van der Waals surface area contributed by atoms with Gasteiger partial charge in [-0.25, -0.2) is 0 Å². The van der Waals surface area contributed by atoms with E-state index in [0.717, 1.165) is 0 Å². The number of aliphatic hydroxyl groups is 3. The third kappa shape index (κ3) is 1.28. The first kappa shape index (κ1) is 7.90. The lowest BCUT2D eigenvalue weighted by Crippen LogP contribution is -2.56. The van der Waals surface area contributed by atoms with E-state index in [0.29, 0.717) is 0 Å². The number of rotatable bonds is 0. The average Bonchev–Trinajstić information content (AvgIpc) is 1.93. The van der Waals surface area contributed by atoms with Crippen molar-refractivity contribution in [3.8, 4) is 0 Å². The number of nitrogens with two attached hydrogens (primary N) is 1. The Labute approximate surface area is 58.0 Å². The maximum atomic E-state index is 9.00. The van der Waals surface area contributed by atoms with Gasteiger partial charge < -0.3 is 25.8 Å². The molecule has 0 unspecified atom stereocenters. The van der Waals surface area contributed by atoms with Crippen LogP contribution in [0.15, 0.2) is 0 Å². The molecule has 0 bridgehead atoms. The van der Waals surface area contributed by atoms with E-state index >= 15 is 0 Å². The maximum Gasteiger partial charge on any atom is 0.183 e. The molecular formula is C5H11NO4. The summed E-state index contributed by atoms with van der Waals surface area (Å²) in [6, 6.07) is -0.613. The summed E-state index contributed by atoms with van der Waals surface area (Å²) >= 11 is 0. The van der Waals surface area contributed by atoms with Crippen LogP contribution in [0.2, 0.25) is 0 Å². The fraction of sp³-hybridized carbons (Fsp3) is 1.00. The molecule has 1 saturated heterocycles. The zero-order valence-corrected chi connectivity index (χ0v) is 5.34. The highest BCUT2D eigenvalue weighted by atomic mass is 16.6. The van der Waals surface area contributed by atoms with Crippen molar-refractivity contribution in [3.63, 3.8) is 0 Å². The Hall–Kier alpha value is -0.200. The Morgan fingerprint density at radius 1 is 1.20 bits per heavy atom. The van der Waals surface area contributed by atoms with Crippen LogP contribution in [0.4, 0.5) is 0 Å². The summed E-state index contributed by atoms with van der Waals surface area (Å²) in [6.45, 7) is 0.0688. The molecule has 1 rings (SSSR count). The second kappa shape index (κ2) is 2.81. The van der Waals surface area contributed by atoms with Gasteiger partial charge >= 0.3 is 0 Å². The average molecular weight is 149 g/mol. The molecule has 1 fully saturated rings. The number of ether oxygens (including phenoxy) is 1. The quantitative estimate of drug-likeness (QED) is 0.302. The zero-order valence-electron chi connectivity index (χ0n) is 5.34. The molecule has 4 atom stereocenters. The molecule has 5 heteroatoms. The van der Waals surface area contributed by atoms with Crippen molar-refractivity contribution in [1.82, 2.24) is 0 Å². The van der Waals surface area contributed by atoms with Crippen LogP contribution >= 0.6 is 0 Å². The van der Waals surface area contributed by atoms with Crippen molar-refractivity contribution in [2.24, 2.45) is 5.73 Å². The summed E-state index contributed by atoms with van der Waals surface area (Å²) in [7, 11) is 0. The lowest BCUT2D eigenvalue weighted by molar-refractivity contribution is -0.225. The molecule has 60 valence electrons. The Balaban J connectivity index is 2.52. The Kier molecular flexibility index (Phi) is 2.22. The molecule has 1 aliphatic heterocycles. The minimum Gasteiger partial charge on any atom is -0.388 e. The summed E-state index contributed by atoms with van der Waals surface area (Å²) in [5.74, 6) is 0. The summed E-state index contributed by atoms with van der Waals surface area (Å²) < 4.78 is 4.59. The van der Waals surface area contributed by atoms with Gasteiger partial charge in [-0.15, -0.1) is 0 Å². The highest BCUT2D eigenvalue weighted by Crippen LogP contribution is 2.11. The SMILES string of the molecule is N[C@@H]1CO[C@H](O)[C@@H](O)[C@H]1O. The van der Waals surface area contributed by atoms with Gasteiger partial charge in [-0.3, -0.25) is 0 Å². The van der Waals surface area contributed by atoms with E-state index < -0.39 is 24.5 Å². The highest BCUT2D eigenvalue weighted by Gasteiger charge is 2.35. The van der Waals surface area contributed by atoms with Gasteiger partial charge in [0.1, 0.15) is 12.2 Å². The van der Waals surface area contributed by atoms with E-state index in [-0.39, 0.29) is 6.61 Å². The molecule has 1 heterocycles. The summed E-state index contributed by atoms with van der Waals surface area (Å²) in [4.78, 5) is 0. The normalized spacial score (nSPS) is 49.2. The van der Waals surface area contributed by atoms with Crippen LogP contribution in [0, 0.1) is 0 Å². The molecule has 1 aliphatic rings. The molecule has 0 aromatic carbocycles. The van der Waals surface area contributed by atoms with Gasteiger partial charge in [-0.2, -0.15) is 0 Å². The lowest BCUT2D eigenvalue weighted by atomic mass is 10.0. The van der Waals surface area contributed by atoms with E-state index in [1.54, 1.807) is 0 Å². The van der Waals surface area contributed by atoms with Gasteiger partial charge in [0.2, 0.25) is 0 Å². The first-order valence-electron chi connectivity index (χ1n) is 3.04. The number of hydrogen-bond acceptors (Lipinski definition) is 5. The van der Waals surface area contributed by atoms with Crippen molar-refractivity contribution < 1.29 is 20.1 Å². The van der Waals surface area contributed by atoms with Crippen molar-refractivity contribution in [2.45, 2.75) is 24.5 Å². The first-order valence-corrected chi connectivity index (χ1v) is 3.04. The second-order valence-corrected chi connectivity index (χ2v) is 2.37. The van der Waals surface area contributed by atoms with Crippen molar-refractivity contribution in [1.29, 1.82) is 0 Å². The Bertz CT molecular complexity index is 106. The highest BCUT2D eigenvalue weighted by molar-refractivity contribution is 4.84. The van der Waals surface area contributed by atoms with Gasteiger partial charge in [0.05, 0.1) is 12.6 Å². The van der Waals surface area contributed by atoms with E-state index in [1.165, 1.54) is 0 Å². The summed E-state index contributed by atoms with van der Waals surface area (Å²) in [5, 5.41) is 26.7. The first-order chi connectivity index (χ1) is 4.63. The minimum atomic E-state index is -1.31. The van der Waals surface area contributed by atoms with Gasteiger partial charge in [0, 0.05) is 0 Å². The van der Waals surface area contributed by atoms with Crippen molar-refractivity contribution in [2.75, 3.05) is 6.61 Å². The zero-order chi connectivity index (χ0) is 7.72. The van der Waals surface area contributed by atoms with Gasteiger partial charge in [0.25, 0.3) is 0 Å². The van der Waals surface area contributed by atoms with Crippen LogP contribution in [0.5, 0.6) is 0 Å². The molecule has 0 amide bonds. The van der Waals surface area contributed by atoms with Gasteiger partial charge in [-0.05, 0) is 0 Å². The Morgan fingerprint density at radius 3 is 2.30 bits per heavy atom. The van der Waals surface area contributed by atoms with Crippen LogP contribution in [-0.2, 0) is 4.74 Å². The van der Waals surface area contributed by atoms with E-state index in [1.807, 2.05) is 0 Å². The maximum absolute atomic E-state index is 9.00. The van der Waals surface area contributed by atoms with Crippen molar-refractivity contribution in [3.05, 3.63) is 0 Å². The third-order valence-electron chi connectivity index (χ3n) is 1.54. The molecular weight excluding hydrogens is 138 g/mol. The smallest absolute Gasteiger partial charge is 0.183 e. The predicted molar refractivity (Wildman–Crippen MR) is 31.9 cm³/mol. The van der Waals surface area contributed by atoms with Crippen molar-refractivity contribution >= 4 is 0 Å². The van der Waals surface area contributed by atoms with E-state index in [9.17, 15) is 0 Å². The van der Waals surface area contributed by atoms with Crippen LogP contribution < -0.4 is 5.73 Å². The molecule has 0 saturated carbocycles. The summed E-state index contributed by atoms with van der Waals surface area (Å²) in [5.41, 5.74) is 5.28. The van der Waals surface area contributed by atoms with Crippen LogP contribution in [0.3, 0.4) is 0 Å². The monoisotopic (exact) mass is 149 g/mol. The van der Waals surface area contributed by atoms with Gasteiger partial charge in [0.15, 0.2) is 6.29 Å². The van der Waals surface area contributed by atoms with Gasteiger partial charge in [-0.1, -0.05) is 0 Å². The third-order valence-corrected chi connectivity index (χ3v) is 1.54. The minimum absolute atomic E-state index is 0.0688. The topological polar surface area (TPSA) is 95.9 Å². The van der Waals surface area contributed by atoms with Crippen LogP contribution in [-0.4, -0.2) is 46.5 Å². The molecule has 5 nitrogen and oxygen atoms in total.